The van der Waals surface area contributed by atoms with Crippen molar-refractivity contribution >= 4 is 23.4 Å². The highest BCUT2D eigenvalue weighted by atomic mass is 35.5. The Bertz CT molecular complexity index is 1080. The molecule has 4 heterocycles. The SMILES string of the molecule is Cc1ccc(NC(=O)N2CCC(F)(c3ncc(-c4noc(CO)n4)cc3Cl)CC2)nc1. The Balaban J connectivity index is 1.42. The number of carbonyl (C=O) groups is 1. The molecule has 2 amide bonds. The van der Waals surface area contributed by atoms with Gasteiger partial charge in [-0.3, -0.25) is 10.3 Å². The van der Waals surface area contributed by atoms with Gasteiger partial charge in [0.25, 0.3) is 5.89 Å². The Kier molecular flexibility index (Phi) is 5.84. The quantitative estimate of drug-likeness (QED) is 0.630. The van der Waals surface area contributed by atoms with Crippen molar-refractivity contribution in [2.24, 2.45) is 0 Å². The lowest BCUT2D eigenvalue weighted by Crippen LogP contribution is -2.45. The number of aliphatic hydroxyl groups is 1. The third-order valence-electron chi connectivity index (χ3n) is 5.12. The first-order valence-electron chi connectivity index (χ1n) is 9.65. The third kappa shape index (κ3) is 4.49. The van der Waals surface area contributed by atoms with Crippen LogP contribution in [0, 0.1) is 6.92 Å². The second kappa shape index (κ2) is 8.56. The number of piperidine rings is 1. The number of aliphatic hydroxyl groups excluding tert-OH is 1. The number of nitrogens with one attached hydrogen (secondary N) is 1. The predicted octanol–water partition coefficient (Wildman–Crippen LogP) is 3.47. The minimum atomic E-state index is -1.76. The summed E-state index contributed by atoms with van der Waals surface area (Å²) in [5, 5.41) is 15.6. The van der Waals surface area contributed by atoms with Crippen LogP contribution < -0.4 is 5.32 Å². The molecule has 3 aromatic heterocycles. The Morgan fingerprint density at radius 3 is 2.71 bits per heavy atom. The van der Waals surface area contributed by atoms with E-state index in [2.05, 4.69) is 25.4 Å². The zero-order valence-electron chi connectivity index (χ0n) is 16.7. The molecule has 1 aliphatic heterocycles. The lowest BCUT2D eigenvalue weighted by molar-refractivity contribution is 0.0684. The number of alkyl halides is 1. The molecule has 0 atom stereocenters. The van der Waals surface area contributed by atoms with Crippen molar-refractivity contribution in [3.8, 4) is 11.4 Å². The first-order valence-corrected chi connectivity index (χ1v) is 10.0. The summed E-state index contributed by atoms with van der Waals surface area (Å²) in [6.07, 6.45) is 3.20. The highest BCUT2D eigenvalue weighted by Crippen LogP contribution is 2.40. The fraction of sp³-hybridized carbons (Fsp3) is 0.350. The maximum absolute atomic E-state index is 15.7. The van der Waals surface area contributed by atoms with Crippen molar-refractivity contribution in [1.82, 2.24) is 25.0 Å². The van der Waals surface area contributed by atoms with Gasteiger partial charge in [-0.15, -0.1) is 0 Å². The molecule has 31 heavy (non-hydrogen) atoms. The zero-order chi connectivity index (χ0) is 22.0. The van der Waals surface area contributed by atoms with Crippen molar-refractivity contribution in [3.63, 3.8) is 0 Å². The number of likely N-dealkylation sites (tertiary alicyclic amines) is 1. The van der Waals surface area contributed by atoms with Crippen LogP contribution >= 0.6 is 11.6 Å². The van der Waals surface area contributed by atoms with E-state index in [9.17, 15) is 4.79 Å². The van der Waals surface area contributed by atoms with E-state index in [-0.39, 0.29) is 61.0 Å². The summed E-state index contributed by atoms with van der Waals surface area (Å²) in [6, 6.07) is 4.75. The molecule has 0 radical (unpaired) electrons. The van der Waals surface area contributed by atoms with Gasteiger partial charge >= 0.3 is 6.03 Å². The summed E-state index contributed by atoms with van der Waals surface area (Å²) in [4.78, 5) is 26.4. The van der Waals surface area contributed by atoms with Gasteiger partial charge < -0.3 is 14.5 Å². The topological polar surface area (TPSA) is 117 Å². The van der Waals surface area contributed by atoms with E-state index in [4.69, 9.17) is 21.2 Å². The monoisotopic (exact) mass is 446 g/mol. The van der Waals surface area contributed by atoms with Crippen molar-refractivity contribution in [1.29, 1.82) is 0 Å². The van der Waals surface area contributed by atoms with Gasteiger partial charge in [-0.2, -0.15) is 4.98 Å². The standard InChI is InChI=1S/C20H20ClFN6O3/c1-12-2-3-15(23-9-12)25-19(30)28-6-4-20(22,5-7-28)17-14(21)8-13(10-24-17)18-26-16(11-29)31-27-18/h2-3,8-10,29H,4-7,11H2,1H3,(H,23,25,30). The normalized spacial score (nSPS) is 15.7. The van der Waals surface area contributed by atoms with Gasteiger partial charge in [0.15, 0.2) is 5.67 Å². The molecule has 0 aliphatic carbocycles. The average Bonchev–Trinajstić information content (AvgIpc) is 3.25. The molecule has 3 aromatic rings. The lowest BCUT2D eigenvalue weighted by atomic mass is 9.89. The number of hydrogen-bond donors (Lipinski definition) is 2. The predicted molar refractivity (Wildman–Crippen MR) is 110 cm³/mol. The number of pyridine rings is 2. The Hall–Kier alpha value is -3.11. The Morgan fingerprint density at radius 1 is 1.32 bits per heavy atom. The molecule has 0 aromatic carbocycles. The maximum atomic E-state index is 15.7. The molecule has 0 unspecified atom stereocenters. The third-order valence-corrected chi connectivity index (χ3v) is 5.40. The number of aromatic nitrogens is 4. The first-order chi connectivity index (χ1) is 14.9. The fourth-order valence-electron chi connectivity index (χ4n) is 3.36. The summed E-state index contributed by atoms with van der Waals surface area (Å²) in [5.41, 5.74) is -0.212. The van der Waals surface area contributed by atoms with Gasteiger partial charge in [-0.05, 0) is 24.6 Å². The number of rotatable bonds is 4. The van der Waals surface area contributed by atoms with Crippen LogP contribution in [0.5, 0.6) is 0 Å². The summed E-state index contributed by atoms with van der Waals surface area (Å²) >= 11 is 6.32. The maximum Gasteiger partial charge on any atom is 0.323 e. The van der Waals surface area contributed by atoms with Crippen LogP contribution in [0.25, 0.3) is 11.4 Å². The summed E-state index contributed by atoms with van der Waals surface area (Å²) in [7, 11) is 0. The van der Waals surface area contributed by atoms with Crippen molar-refractivity contribution in [3.05, 3.63) is 52.8 Å². The molecule has 1 saturated heterocycles. The van der Waals surface area contributed by atoms with Crippen LogP contribution in [-0.2, 0) is 12.3 Å². The highest BCUT2D eigenvalue weighted by Gasteiger charge is 2.40. The smallest absolute Gasteiger partial charge is 0.323 e. The molecule has 162 valence electrons. The molecule has 0 saturated carbocycles. The van der Waals surface area contributed by atoms with Gasteiger partial charge in [0.05, 0.1) is 10.7 Å². The number of nitrogens with zero attached hydrogens (tertiary/aromatic N) is 5. The number of halogens is 2. The second-order valence-corrected chi connectivity index (χ2v) is 7.73. The fourth-order valence-corrected chi connectivity index (χ4v) is 3.69. The average molecular weight is 447 g/mol. The molecule has 0 bridgehead atoms. The van der Waals surface area contributed by atoms with E-state index in [1.54, 1.807) is 12.3 Å². The minimum Gasteiger partial charge on any atom is -0.387 e. The van der Waals surface area contributed by atoms with E-state index in [1.807, 2.05) is 13.0 Å². The lowest BCUT2D eigenvalue weighted by Gasteiger charge is -2.36. The minimum absolute atomic E-state index is 0.0589. The highest BCUT2D eigenvalue weighted by molar-refractivity contribution is 6.31. The molecule has 1 fully saturated rings. The van der Waals surface area contributed by atoms with E-state index < -0.39 is 5.67 Å². The number of amides is 2. The number of hydrogen-bond acceptors (Lipinski definition) is 7. The van der Waals surface area contributed by atoms with E-state index in [0.29, 0.717) is 11.4 Å². The van der Waals surface area contributed by atoms with Crippen LogP contribution in [0.15, 0.2) is 35.1 Å². The van der Waals surface area contributed by atoms with Gasteiger partial charge in [-0.1, -0.05) is 22.8 Å². The number of urea groups is 1. The number of carbonyl (C=O) groups excluding carboxylic acids is 1. The largest absolute Gasteiger partial charge is 0.387 e. The summed E-state index contributed by atoms with van der Waals surface area (Å²) in [6.45, 7) is 1.94. The van der Waals surface area contributed by atoms with Gasteiger partial charge in [0, 0.05) is 43.9 Å². The molecule has 0 spiro atoms. The Labute approximate surface area is 182 Å². The van der Waals surface area contributed by atoms with Gasteiger partial charge in [-0.25, -0.2) is 14.2 Å². The van der Waals surface area contributed by atoms with Gasteiger partial charge in [0.2, 0.25) is 5.82 Å². The summed E-state index contributed by atoms with van der Waals surface area (Å²) < 4.78 is 20.5. The van der Waals surface area contributed by atoms with E-state index in [1.165, 1.54) is 17.2 Å². The molecule has 9 nitrogen and oxygen atoms in total. The van der Waals surface area contributed by atoms with Crippen LogP contribution in [0.3, 0.4) is 0 Å². The molecular formula is C20H20ClFN6O3. The number of aryl methyl sites for hydroxylation is 1. The van der Waals surface area contributed by atoms with Gasteiger partial charge in [0.1, 0.15) is 12.4 Å². The Morgan fingerprint density at radius 2 is 2.10 bits per heavy atom. The zero-order valence-corrected chi connectivity index (χ0v) is 17.4. The van der Waals surface area contributed by atoms with E-state index >= 15 is 4.39 Å². The molecule has 11 heteroatoms. The molecule has 2 N–H and O–H groups in total. The molecule has 4 rings (SSSR count). The van der Waals surface area contributed by atoms with Crippen molar-refractivity contribution in [2.75, 3.05) is 18.4 Å². The number of anilines is 1. The van der Waals surface area contributed by atoms with E-state index in [0.717, 1.165) is 5.56 Å². The molecular weight excluding hydrogens is 427 g/mol. The van der Waals surface area contributed by atoms with Crippen molar-refractivity contribution in [2.45, 2.75) is 32.0 Å². The summed E-state index contributed by atoms with van der Waals surface area (Å²) in [5.74, 6) is 0.705. The van der Waals surface area contributed by atoms with Crippen LogP contribution in [0.2, 0.25) is 5.02 Å². The van der Waals surface area contributed by atoms with Crippen LogP contribution in [0.4, 0.5) is 15.0 Å². The van der Waals surface area contributed by atoms with Crippen LogP contribution in [-0.4, -0.2) is 49.2 Å². The van der Waals surface area contributed by atoms with Crippen LogP contribution in [0.1, 0.15) is 30.0 Å². The molecule has 1 aliphatic rings. The second-order valence-electron chi connectivity index (χ2n) is 7.33. The first kappa shape index (κ1) is 21.1. The van der Waals surface area contributed by atoms with Crippen molar-refractivity contribution < 1.29 is 18.8 Å².